The van der Waals surface area contributed by atoms with E-state index in [9.17, 15) is 0 Å². The third-order valence-corrected chi connectivity index (χ3v) is 4.04. The molecule has 96 valence electrons. The highest BCUT2D eigenvalue weighted by Crippen LogP contribution is 2.45. The quantitative estimate of drug-likeness (QED) is 0.878. The van der Waals surface area contributed by atoms with Crippen molar-refractivity contribution >= 4 is 5.71 Å². The fourth-order valence-electron chi connectivity index (χ4n) is 2.93. The first-order chi connectivity index (χ1) is 9.40. The van der Waals surface area contributed by atoms with Gasteiger partial charge in [-0.05, 0) is 24.8 Å². The van der Waals surface area contributed by atoms with E-state index in [1.165, 1.54) is 16.8 Å². The Morgan fingerprint density at radius 1 is 1.21 bits per heavy atom. The van der Waals surface area contributed by atoms with Crippen LogP contribution in [-0.2, 0) is 6.42 Å². The molecule has 4 rings (SSSR count). The molecule has 1 N–H and O–H groups in total. The number of hydrazine groups is 1. The fourth-order valence-corrected chi connectivity index (χ4v) is 2.93. The van der Waals surface area contributed by atoms with Crippen LogP contribution < -0.4 is 5.53 Å². The van der Waals surface area contributed by atoms with Gasteiger partial charge in [0.2, 0.25) is 0 Å². The molecule has 1 saturated carbocycles. The van der Waals surface area contributed by atoms with Crippen LogP contribution in [0.1, 0.15) is 24.0 Å². The molecule has 0 atom stereocenters. The predicted molar refractivity (Wildman–Crippen MR) is 72.5 cm³/mol. The summed E-state index contributed by atoms with van der Waals surface area (Å²) in [7, 11) is 0. The molecule has 0 aromatic heterocycles. The van der Waals surface area contributed by atoms with Gasteiger partial charge < -0.3 is 0 Å². The zero-order valence-electron chi connectivity index (χ0n) is 10.6. The lowest BCUT2D eigenvalue weighted by Crippen LogP contribution is -2.48. The second-order valence-corrected chi connectivity index (χ2v) is 5.15. The molecule has 1 fully saturated rings. The zero-order chi connectivity index (χ0) is 12.7. The minimum Gasteiger partial charge on any atom is -0.286 e. The molecular formula is C14H15N5. The monoisotopic (exact) mass is 253 g/mol. The number of hydrogen-bond acceptors (Lipinski definition) is 5. The van der Waals surface area contributed by atoms with Gasteiger partial charge in [-0.3, -0.25) is 10.0 Å². The molecular weight excluding hydrogens is 238 g/mol. The van der Waals surface area contributed by atoms with Crippen molar-refractivity contribution in [3.8, 4) is 0 Å². The van der Waals surface area contributed by atoms with E-state index in [1.807, 2.05) is 11.2 Å². The van der Waals surface area contributed by atoms with Crippen molar-refractivity contribution in [3.05, 3.63) is 47.8 Å². The lowest BCUT2D eigenvalue weighted by Gasteiger charge is -2.33. The summed E-state index contributed by atoms with van der Waals surface area (Å²) < 4.78 is 0. The minimum absolute atomic E-state index is 0.0353. The number of rotatable bonds is 2. The second-order valence-electron chi connectivity index (χ2n) is 5.15. The SMILES string of the molecule is C1=CN(C2(C3=NCCc4ccccc43)CC2)NN=N1. The van der Waals surface area contributed by atoms with Gasteiger partial charge in [-0.25, -0.2) is 0 Å². The van der Waals surface area contributed by atoms with Crippen LogP contribution in [-0.4, -0.2) is 22.8 Å². The summed E-state index contributed by atoms with van der Waals surface area (Å²) in [4.78, 5) is 4.81. The van der Waals surface area contributed by atoms with E-state index in [0.29, 0.717) is 0 Å². The summed E-state index contributed by atoms with van der Waals surface area (Å²) in [6.45, 7) is 0.882. The Labute approximate surface area is 111 Å². The predicted octanol–water partition coefficient (Wildman–Crippen LogP) is 2.22. The van der Waals surface area contributed by atoms with Crippen molar-refractivity contribution in [2.75, 3.05) is 6.54 Å². The second kappa shape index (κ2) is 3.91. The third-order valence-electron chi connectivity index (χ3n) is 4.04. The molecule has 0 bridgehead atoms. The van der Waals surface area contributed by atoms with E-state index in [1.54, 1.807) is 6.20 Å². The number of aliphatic imine (C=N–C) groups is 1. The van der Waals surface area contributed by atoms with Crippen LogP contribution in [0.5, 0.6) is 0 Å². The summed E-state index contributed by atoms with van der Waals surface area (Å²) in [6.07, 6.45) is 6.91. The lowest BCUT2D eigenvalue weighted by molar-refractivity contribution is 0.213. The molecule has 1 aromatic carbocycles. The highest BCUT2D eigenvalue weighted by molar-refractivity contribution is 6.10. The highest BCUT2D eigenvalue weighted by Gasteiger charge is 2.53. The molecule has 0 amide bonds. The van der Waals surface area contributed by atoms with E-state index in [2.05, 4.69) is 40.1 Å². The highest BCUT2D eigenvalue weighted by atomic mass is 15.7. The standard InChI is InChI=1S/C14H15N5/c1-2-4-12-11(3-1)5-8-15-13(12)14(6-7-14)19-10-9-16-17-18-19/h1-4,9-10H,5-8H2,(H,16,18). The molecule has 1 aromatic rings. The molecule has 1 aliphatic carbocycles. The Hall–Kier alpha value is -2.17. The van der Waals surface area contributed by atoms with Gasteiger partial charge in [-0.2, -0.15) is 5.53 Å². The Morgan fingerprint density at radius 2 is 2.11 bits per heavy atom. The number of nitrogens with one attached hydrogen (secondary N) is 1. The fraction of sp³-hybridized carbons (Fsp3) is 0.357. The van der Waals surface area contributed by atoms with E-state index in [-0.39, 0.29) is 5.54 Å². The maximum absolute atomic E-state index is 4.81. The van der Waals surface area contributed by atoms with Crippen molar-refractivity contribution in [2.45, 2.75) is 24.8 Å². The van der Waals surface area contributed by atoms with Gasteiger partial charge in [0.25, 0.3) is 0 Å². The van der Waals surface area contributed by atoms with Gasteiger partial charge in [-0.15, -0.1) is 5.11 Å². The molecule has 0 radical (unpaired) electrons. The minimum atomic E-state index is -0.0353. The summed E-state index contributed by atoms with van der Waals surface area (Å²) in [6, 6.07) is 8.59. The Bertz CT molecular complexity index is 598. The first-order valence-corrected chi connectivity index (χ1v) is 6.65. The van der Waals surface area contributed by atoms with Gasteiger partial charge in [0, 0.05) is 18.3 Å². The largest absolute Gasteiger partial charge is 0.286 e. The van der Waals surface area contributed by atoms with Crippen LogP contribution in [0.2, 0.25) is 0 Å². The number of hydrogen-bond donors (Lipinski definition) is 1. The molecule has 0 saturated heterocycles. The van der Waals surface area contributed by atoms with Crippen molar-refractivity contribution in [2.24, 2.45) is 15.3 Å². The van der Waals surface area contributed by atoms with Gasteiger partial charge in [-0.1, -0.05) is 29.5 Å². The van der Waals surface area contributed by atoms with Crippen LogP contribution in [0.25, 0.3) is 0 Å². The van der Waals surface area contributed by atoms with E-state index in [4.69, 9.17) is 4.99 Å². The topological polar surface area (TPSA) is 52.3 Å². The van der Waals surface area contributed by atoms with Crippen LogP contribution in [0.15, 0.2) is 52.0 Å². The summed E-state index contributed by atoms with van der Waals surface area (Å²) in [5.41, 5.74) is 6.84. The van der Waals surface area contributed by atoms with Gasteiger partial charge in [0.15, 0.2) is 0 Å². The molecule has 2 aliphatic heterocycles. The smallest absolute Gasteiger partial charge is 0.104 e. The van der Waals surface area contributed by atoms with Crippen LogP contribution in [0, 0.1) is 0 Å². The van der Waals surface area contributed by atoms with E-state index in [0.717, 1.165) is 25.8 Å². The van der Waals surface area contributed by atoms with E-state index >= 15 is 0 Å². The number of fused-ring (bicyclic) bond motifs is 1. The first-order valence-electron chi connectivity index (χ1n) is 6.65. The summed E-state index contributed by atoms with van der Waals surface area (Å²) >= 11 is 0. The first kappa shape index (κ1) is 10.7. The molecule has 0 spiro atoms. The Balaban J connectivity index is 1.75. The normalized spacial score (nSPS) is 22.5. The lowest BCUT2D eigenvalue weighted by atomic mass is 9.92. The molecule has 2 heterocycles. The Kier molecular flexibility index (Phi) is 2.21. The van der Waals surface area contributed by atoms with Crippen molar-refractivity contribution < 1.29 is 0 Å². The average molecular weight is 253 g/mol. The number of nitrogens with zero attached hydrogens (tertiary/aromatic N) is 4. The maximum atomic E-state index is 4.81. The van der Waals surface area contributed by atoms with Crippen LogP contribution in [0.4, 0.5) is 0 Å². The van der Waals surface area contributed by atoms with Gasteiger partial charge in [0.05, 0.1) is 11.9 Å². The summed E-state index contributed by atoms with van der Waals surface area (Å²) in [5, 5.41) is 9.73. The average Bonchev–Trinajstić information content (AvgIpc) is 3.29. The van der Waals surface area contributed by atoms with Gasteiger partial charge in [0.1, 0.15) is 5.54 Å². The van der Waals surface area contributed by atoms with Crippen molar-refractivity contribution in [3.63, 3.8) is 0 Å². The molecule has 5 nitrogen and oxygen atoms in total. The molecule has 3 aliphatic rings. The summed E-state index contributed by atoms with van der Waals surface area (Å²) in [5.74, 6) is 0. The van der Waals surface area contributed by atoms with Crippen LogP contribution >= 0.6 is 0 Å². The van der Waals surface area contributed by atoms with E-state index < -0.39 is 0 Å². The van der Waals surface area contributed by atoms with Crippen LogP contribution in [0.3, 0.4) is 0 Å². The van der Waals surface area contributed by atoms with Gasteiger partial charge >= 0.3 is 0 Å². The number of benzene rings is 1. The molecule has 19 heavy (non-hydrogen) atoms. The third kappa shape index (κ3) is 1.58. The van der Waals surface area contributed by atoms with Crippen molar-refractivity contribution in [1.29, 1.82) is 0 Å². The molecule has 0 unspecified atom stereocenters. The Morgan fingerprint density at radius 3 is 2.89 bits per heavy atom. The van der Waals surface area contributed by atoms with Crippen molar-refractivity contribution in [1.82, 2.24) is 10.5 Å². The zero-order valence-corrected chi connectivity index (χ0v) is 10.6. The molecule has 5 heteroatoms. The maximum Gasteiger partial charge on any atom is 0.104 e.